The van der Waals surface area contributed by atoms with Crippen molar-refractivity contribution in [3.8, 4) is 11.3 Å². The largest absolute Gasteiger partial charge is 0.341 e. The average molecular weight is 296 g/mol. The Morgan fingerprint density at radius 1 is 1.10 bits per heavy atom. The number of benzene rings is 1. The van der Waals surface area contributed by atoms with E-state index in [0.717, 1.165) is 10.7 Å². The lowest BCUT2D eigenvalue weighted by atomic mass is 10.1. The van der Waals surface area contributed by atoms with Crippen LogP contribution in [0.5, 0.6) is 0 Å². The third-order valence-corrected chi connectivity index (χ3v) is 4.82. The molecule has 21 heavy (non-hydrogen) atoms. The third kappa shape index (κ3) is 2.54. The van der Waals surface area contributed by atoms with Crippen LogP contribution in [-0.2, 0) is 0 Å². The van der Waals surface area contributed by atoms with Crippen LogP contribution < -0.4 is 0 Å². The van der Waals surface area contributed by atoms with Gasteiger partial charge < -0.3 is 4.57 Å². The highest BCUT2D eigenvalue weighted by atomic mass is 32.1. The molecule has 3 aromatic rings. The predicted molar refractivity (Wildman–Crippen MR) is 90.0 cm³/mol. The minimum absolute atomic E-state index is 0.333. The zero-order valence-corrected chi connectivity index (χ0v) is 13.7. The highest BCUT2D eigenvalue weighted by Gasteiger charge is 2.17. The highest BCUT2D eigenvalue weighted by molar-refractivity contribution is 7.09. The molecule has 1 aromatic carbocycles. The monoisotopic (exact) mass is 296 g/mol. The van der Waals surface area contributed by atoms with Gasteiger partial charge in [0.2, 0.25) is 0 Å². The van der Waals surface area contributed by atoms with Crippen molar-refractivity contribution in [1.29, 1.82) is 0 Å². The molecule has 0 aliphatic carbocycles. The minimum Gasteiger partial charge on any atom is -0.341 e. The van der Waals surface area contributed by atoms with E-state index in [9.17, 15) is 0 Å². The van der Waals surface area contributed by atoms with Crippen molar-refractivity contribution in [3.63, 3.8) is 0 Å². The molecule has 3 rings (SSSR count). The molecule has 1 atom stereocenters. The van der Waals surface area contributed by atoms with Crippen LogP contribution >= 0.6 is 11.3 Å². The van der Waals surface area contributed by atoms with Crippen molar-refractivity contribution < 1.29 is 0 Å². The van der Waals surface area contributed by atoms with E-state index in [1.165, 1.54) is 22.5 Å². The second kappa shape index (κ2) is 5.49. The van der Waals surface area contributed by atoms with Gasteiger partial charge in [0.05, 0.1) is 16.7 Å². The molecule has 0 aliphatic heterocycles. The van der Waals surface area contributed by atoms with Gasteiger partial charge in [0.25, 0.3) is 0 Å². The molecular formula is C18H20N2S. The van der Waals surface area contributed by atoms with E-state index in [1.54, 1.807) is 11.3 Å². The number of aromatic nitrogens is 2. The molecule has 0 saturated heterocycles. The Hall–Kier alpha value is -1.87. The third-order valence-electron chi connectivity index (χ3n) is 4.05. The van der Waals surface area contributed by atoms with Crippen LogP contribution in [0.3, 0.4) is 0 Å². The fourth-order valence-corrected chi connectivity index (χ4v) is 3.61. The molecule has 0 aliphatic rings. The van der Waals surface area contributed by atoms with Gasteiger partial charge in [-0.05, 0) is 39.3 Å². The fraction of sp³-hybridized carbons (Fsp3) is 0.278. The molecule has 0 spiro atoms. The molecule has 0 radical (unpaired) electrons. The molecule has 0 amide bonds. The Kier molecular flexibility index (Phi) is 3.68. The maximum absolute atomic E-state index is 4.63. The van der Waals surface area contributed by atoms with Crippen LogP contribution in [0, 0.1) is 20.8 Å². The summed E-state index contributed by atoms with van der Waals surface area (Å²) in [6, 6.07) is 13.2. The second-order valence-corrected chi connectivity index (χ2v) is 6.56. The lowest BCUT2D eigenvalue weighted by molar-refractivity contribution is 0.610. The summed E-state index contributed by atoms with van der Waals surface area (Å²) in [6.07, 6.45) is 0. The van der Waals surface area contributed by atoms with Crippen molar-refractivity contribution in [3.05, 3.63) is 63.7 Å². The Morgan fingerprint density at radius 2 is 1.81 bits per heavy atom. The molecule has 0 bridgehead atoms. The van der Waals surface area contributed by atoms with E-state index in [0.29, 0.717) is 6.04 Å². The normalized spacial score (nSPS) is 12.6. The van der Waals surface area contributed by atoms with Gasteiger partial charge in [-0.2, -0.15) is 0 Å². The molecule has 0 fully saturated rings. The summed E-state index contributed by atoms with van der Waals surface area (Å²) in [6.45, 7) is 8.68. The van der Waals surface area contributed by atoms with E-state index in [4.69, 9.17) is 0 Å². The smallest absolute Gasteiger partial charge is 0.0901 e. The zero-order valence-electron chi connectivity index (χ0n) is 12.9. The first-order valence-corrected chi connectivity index (χ1v) is 8.11. The number of aryl methyl sites for hydroxylation is 2. The van der Waals surface area contributed by atoms with Crippen molar-refractivity contribution in [2.75, 3.05) is 0 Å². The first-order chi connectivity index (χ1) is 10.1. The van der Waals surface area contributed by atoms with Crippen molar-refractivity contribution >= 4 is 11.3 Å². The van der Waals surface area contributed by atoms with Gasteiger partial charge in [-0.25, -0.2) is 4.98 Å². The van der Waals surface area contributed by atoms with Crippen LogP contribution in [0.2, 0.25) is 0 Å². The van der Waals surface area contributed by atoms with Crippen LogP contribution in [0.1, 0.15) is 34.9 Å². The SMILES string of the molecule is Cc1nc(-c2cc(C)n([C@H](C)c3ccccc3)c2C)cs1. The van der Waals surface area contributed by atoms with Crippen LogP contribution in [-0.4, -0.2) is 9.55 Å². The fourth-order valence-electron chi connectivity index (χ4n) is 3.00. The summed E-state index contributed by atoms with van der Waals surface area (Å²) >= 11 is 1.71. The lowest BCUT2D eigenvalue weighted by Gasteiger charge is -2.19. The Bertz CT molecular complexity index is 753. The maximum atomic E-state index is 4.63. The molecule has 0 saturated carbocycles. The molecule has 2 aromatic heterocycles. The van der Waals surface area contributed by atoms with Gasteiger partial charge in [0.15, 0.2) is 0 Å². The summed E-state index contributed by atoms with van der Waals surface area (Å²) in [4.78, 5) is 4.63. The minimum atomic E-state index is 0.333. The van der Waals surface area contributed by atoms with E-state index in [1.807, 2.05) is 0 Å². The molecule has 108 valence electrons. The van der Waals surface area contributed by atoms with Crippen molar-refractivity contribution in [1.82, 2.24) is 9.55 Å². The van der Waals surface area contributed by atoms with Gasteiger partial charge in [-0.3, -0.25) is 0 Å². The Labute approximate surface area is 130 Å². The van der Waals surface area contributed by atoms with Crippen LogP contribution in [0.25, 0.3) is 11.3 Å². The standard InChI is InChI=1S/C18H20N2S/c1-12-10-17(18-11-21-15(4)19-18)14(3)20(12)13(2)16-8-6-5-7-9-16/h5-11,13H,1-4H3/t13-/m1/s1. The summed E-state index contributed by atoms with van der Waals surface area (Å²) in [7, 11) is 0. The molecule has 0 N–H and O–H groups in total. The summed E-state index contributed by atoms with van der Waals surface area (Å²) in [5.41, 5.74) is 6.25. The Balaban J connectivity index is 2.06. The van der Waals surface area contributed by atoms with Crippen molar-refractivity contribution in [2.24, 2.45) is 0 Å². The first-order valence-electron chi connectivity index (χ1n) is 7.24. The summed E-state index contributed by atoms with van der Waals surface area (Å²) in [5.74, 6) is 0. The first kappa shape index (κ1) is 14.1. The number of rotatable bonds is 3. The van der Waals surface area contributed by atoms with Gasteiger partial charge in [0, 0.05) is 22.3 Å². The number of hydrogen-bond donors (Lipinski definition) is 0. The molecule has 0 unspecified atom stereocenters. The lowest BCUT2D eigenvalue weighted by Crippen LogP contribution is -2.10. The molecular weight excluding hydrogens is 276 g/mol. The predicted octanol–water partition coefficient (Wildman–Crippen LogP) is 5.15. The van der Waals surface area contributed by atoms with E-state index in [2.05, 4.69) is 79.0 Å². The second-order valence-electron chi connectivity index (χ2n) is 5.49. The van der Waals surface area contributed by atoms with Crippen molar-refractivity contribution in [2.45, 2.75) is 33.7 Å². The summed E-state index contributed by atoms with van der Waals surface area (Å²) < 4.78 is 2.40. The number of hydrogen-bond acceptors (Lipinski definition) is 2. The van der Waals surface area contributed by atoms with E-state index >= 15 is 0 Å². The molecule has 2 heterocycles. The number of thiazole rings is 1. The van der Waals surface area contributed by atoms with Gasteiger partial charge >= 0.3 is 0 Å². The average Bonchev–Trinajstić information content (AvgIpc) is 3.03. The topological polar surface area (TPSA) is 17.8 Å². The van der Waals surface area contributed by atoms with Crippen LogP contribution in [0.4, 0.5) is 0 Å². The van der Waals surface area contributed by atoms with Gasteiger partial charge in [-0.15, -0.1) is 11.3 Å². The van der Waals surface area contributed by atoms with Gasteiger partial charge in [0.1, 0.15) is 0 Å². The van der Waals surface area contributed by atoms with Gasteiger partial charge in [-0.1, -0.05) is 30.3 Å². The quantitative estimate of drug-likeness (QED) is 0.654. The Morgan fingerprint density at radius 3 is 2.43 bits per heavy atom. The maximum Gasteiger partial charge on any atom is 0.0901 e. The van der Waals surface area contributed by atoms with Crippen LogP contribution in [0.15, 0.2) is 41.8 Å². The number of nitrogens with zero attached hydrogens (tertiary/aromatic N) is 2. The molecule has 3 heteroatoms. The van der Waals surface area contributed by atoms with E-state index in [-0.39, 0.29) is 0 Å². The zero-order chi connectivity index (χ0) is 15.0. The summed E-state index contributed by atoms with van der Waals surface area (Å²) in [5, 5.41) is 3.26. The van der Waals surface area contributed by atoms with E-state index < -0.39 is 0 Å². The highest BCUT2D eigenvalue weighted by Crippen LogP contribution is 2.31. The molecule has 2 nitrogen and oxygen atoms in total.